The first-order valence-corrected chi connectivity index (χ1v) is 22.0. The molecular formula is C41H51ClF3N5O5Si. The molecule has 1 aliphatic heterocycles. The monoisotopic (exact) mass is 813 g/mol. The van der Waals surface area contributed by atoms with Gasteiger partial charge in [-0.1, -0.05) is 62.7 Å². The van der Waals surface area contributed by atoms with Crippen molar-refractivity contribution in [2.45, 2.75) is 90.2 Å². The van der Waals surface area contributed by atoms with E-state index in [2.05, 4.69) is 44.5 Å². The fourth-order valence-electron chi connectivity index (χ4n) is 6.43. The molecule has 0 spiro atoms. The molecule has 0 radical (unpaired) electrons. The minimum Gasteiger partial charge on any atom is -0.415 e. The van der Waals surface area contributed by atoms with Crippen molar-refractivity contribution in [3.05, 3.63) is 83.3 Å². The summed E-state index contributed by atoms with van der Waals surface area (Å²) >= 11 is 6.34. The van der Waals surface area contributed by atoms with E-state index in [9.17, 15) is 28.3 Å². The molecule has 1 aromatic heterocycles. The van der Waals surface area contributed by atoms with Crippen molar-refractivity contribution in [2.24, 2.45) is 0 Å². The van der Waals surface area contributed by atoms with E-state index < -0.39 is 63.1 Å². The Labute approximate surface area is 332 Å². The number of fused-ring (bicyclic) bond motifs is 1. The quantitative estimate of drug-likeness (QED) is 0.123. The van der Waals surface area contributed by atoms with Crippen molar-refractivity contribution >= 4 is 60.0 Å². The van der Waals surface area contributed by atoms with Gasteiger partial charge in [0.05, 0.1) is 31.0 Å². The molecule has 15 heteroatoms. The summed E-state index contributed by atoms with van der Waals surface area (Å²) in [5.41, 5.74) is 1.97. The van der Waals surface area contributed by atoms with Gasteiger partial charge in [0, 0.05) is 57.5 Å². The zero-order chi connectivity index (χ0) is 41.2. The fourth-order valence-corrected chi connectivity index (χ4v) is 7.76. The Morgan fingerprint density at radius 2 is 1.73 bits per heavy atom. The molecule has 1 aliphatic rings. The molecule has 1 fully saturated rings. The molecule has 3 aromatic carbocycles. The normalized spacial score (nSPS) is 15.7. The predicted molar refractivity (Wildman–Crippen MR) is 217 cm³/mol. The molecule has 1 unspecified atom stereocenters. The van der Waals surface area contributed by atoms with Crippen molar-refractivity contribution in [1.82, 2.24) is 14.4 Å². The molecule has 4 amide bonds. The van der Waals surface area contributed by atoms with Crippen LogP contribution >= 0.6 is 11.6 Å². The molecule has 5 rings (SSSR count). The Balaban J connectivity index is 1.40. The predicted octanol–water partition coefficient (Wildman–Crippen LogP) is 9.29. The highest BCUT2D eigenvalue weighted by Gasteiger charge is 2.39. The van der Waals surface area contributed by atoms with Crippen LogP contribution < -0.4 is 10.6 Å². The van der Waals surface area contributed by atoms with E-state index in [4.69, 9.17) is 16.0 Å². The number of hydrogen-bond donors (Lipinski definition) is 3. The van der Waals surface area contributed by atoms with E-state index in [1.165, 1.54) is 11.0 Å². The molecule has 0 bridgehead atoms. The highest BCUT2D eigenvalue weighted by molar-refractivity contribution is 6.74. The van der Waals surface area contributed by atoms with E-state index in [-0.39, 0.29) is 48.8 Å². The minimum atomic E-state index is -2.95. The molecule has 2 atom stereocenters. The number of carbonyl (C=O) groups is 3. The molecule has 1 saturated heterocycles. The number of piperidine rings is 1. The molecule has 302 valence electrons. The molecular weight excluding hydrogens is 763 g/mol. The largest absolute Gasteiger partial charge is 0.415 e. The maximum absolute atomic E-state index is 15.8. The van der Waals surface area contributed by atoms with Gasteiger partial charge in [0.1, 0.15) is 13.1 Å². The lowest BCUT2D eigenvalue weighted by atomic mass is 10.0. The van der Waals surface area contributed by atoms with Crippen LogP contribution in [0.1, 0.15) is 59.1 Å². The van der Waals surface area contributed by atoms with Crippen LogP contribution in [0.3, 0.4) is 0 Å². The van der Waals surface area contributed by atoms with Gasteiger partial charge in [-0.15, -0.1) is 0 Å². The Morgan fingerprint density at radius 3 is 2.39 bits per heavy atom. The number of nitrogens with zero attached hydrogens (tertiary/aromatic N) is 3. The summed E-state index contributed by atoms with van der Waals surface area (Å²) in [6, 6.07) is 15.1. The topological polar surface area (TPSA) is 116 Å². The zero-order valence-electron chi connectivity index (χ0n) is 32.9. The van der Waals surface area contributed by atoms with Crippen molar-refractivity contribution in [1.29, 1.82) is 0 Å². The summed E-state index contributed by atoms with van der Waals surface area (Å²) in [6.07, 6.45) is 0.592. The van der Waals surface area contributed by atoms with Gasteiger partial charge in [0.2, 0.25) is 11.8 Å². The summed E-state index contributed by atoms with van der Waals surface area (Å²) < 4.78 is 51.9. The van der Waals surface area contributed by atoms with Crippen molar-refractivity contribution in [2.75, 3.05) is 36.9 Å². The van der Waals surface area contributed by atoms with Gasteiger partial charge < -0.3 is 34.5 Å². The number of benzene rings is 3. The maximum atomic E-state index is 15.8. The summed E-state index contributed by atoms with van der Waals surface area (Å²) in [5.74, 6) is -4.68. The van der Waals surface area contributed by atoms with Crippen LogP contribution in [0.15, 0.2) is 66.9 Å². The average molecular weight is 814 g/mol. The second-order valence-electron chi connectivity index (χ2n) is 16.1. The lowest BCUT2D eigenvalue weighted by Gasteiger charge is -2.38. The van der Waals surface area contributed by atoms with Crippen LogP contribution in [-0.2, 0) is 20.6 Å². The third-order valence-corrected chi connectivity index (χ3v) is 15.5. The van der Waals surface area contributed by atoms with Crippen molar-refractivity contribution in [3.63, 3.8) is 0 Å². The maximum Gasteiger partial charge on any atom is 0.322 e. The van der Waals surface area contributed by atoms with Gasteiger partial charge in [-0.2, -0.15) is 0 Å². The van der Waals surface area contributed by atoms with Crippen LogP contribution in [0, 0.1) is 5.82 Å². The van der Waals surface area contributed by atoms with Gasteiger partial charge in [-0.05, 0) is 68.7 Å². The zero-order valence-corrected chi connectivity index (χ0v) is 34.6. The Kier molecular flexibility index (Phi) is 13.0. The first kappa shape index (κ1) is 42.8. The SMILES string of the molecule is CC(O)c1cn(CC(=O)N(CC(=O)Nc2cccc(-c3ccccc3Cl)c2F)[C@H](C)CO[Si](C)(C)C(C)(C)C)c2ccc(NC(=O)N3CCCC(F)(F)C3)cc12. The fraction of sp³-hybridized carbons (Fsp3) is 0.439. The Hall–Kier alpha value is -4.37. The number of alkyl halides is 2. The van der Waals surface area contributed by atoms with Crippen LogP contribution in [-0.4, -0.2) is 83.8 Å². The summed E-state index contributed by atoms with van der Waals surface area (Å²) in [6.45, 7) is 12.9. The molecule has 10 nitrogen and oxygen atoms in total. The summed E-state index contributed by atoms with van der Waals surface area (Å²) in [4.78, 5) is 43.3. The molecule has 2 heterocycles. The number of likely N-dealkylation sites (tertiary alicyclic amines) is 1. The van der Waals surface area contributed by atoms with Crippen LogP contribution in [0.2, 0.25) is 23.2 Å². The van der Waals surface area contributed by atoms with Crippen molar-refractivity contribution in [3.8, 4) is 11.1 Å². The summed E-state index contributed by atoms with van der Waals surface area (Å²) in [5, 5.41) is 16.8. The standard InChI is InChI=1S/C41H51ClF3N5O5Si/c1-26(24-55-56(6,7)40(3,4)5)50(22-36(52)47-34-15-10-13-30(38(34)43)29-12-8-9-14-33(29)42)37(53)23-49-21-32(27(2)51)31-20-28(16-17-35(31)49)46-39(54)48-19-11-18-41(44,45)25-48/h8-10,12-17,20-21,26-27,51H,11,18-19,22-25H2,1-7H3,(H,46,54)(H,47,52)/t26-,27?/m1/s1. The molecule has 56 heavy (non-hydrogen) atoms. The number of rotatable bonds is 12. The smallest absolute Gasteiger partial charge is 0.322 e. The molecule has 0 saturated carbocycles. The van der Waals surface area contributed by atoms with Crippen LogP contribution in [0.25, 0.3) is 22.0 Å². The van der Waals surface area contributed by atoms with E-state index >= 15 is 4.39 Å². The van der Waals surface area contributed by atoms with E-state index in [0.717, 1.165) is 4.90 Å². The number of hydrogen-bond acceptors (Lipinski definition) is 5. The highest BCUT2D eigenvalue weighted by atomic mass is 35.5. The van der Waals surface area contributed by atoms with Crippen LogP contribution in [0.4, 0.5) is 29.3 Å². The van der Waals surface area contributed by atoms with Crippen molar-refractivity contribution < 1.29 is 37.1 Å². The number of aromatic nitrogens is 1. The lowest BCUT2D eigenvalue weighted by molar-refractivity contribution is -0.137. The first-order chi connectivity index (χ1) is 26.2. The number of urea groups is 1. The first-order valence-electron chi connectivity index (χ1n) is 18.7. The molecule has 0 aliphatic carbocycles. The Morgan fingerprint density at radius 1 is 1.04 bits per heavy atom. The van der Waals surface area contributed by atoms with E-state index in [1.807, 2.05) is 0 Å². The number of anilines is 2. The Bertz CT molecular complexity index is 2090. The van der Waals surface area contributed by atoms with E-state index in [0.29, 0.717) is 32.7 Å². The number of aliphatic hydroxyl groups is 1. The number of carbonyl (C=O) groups excluding carboxylic acids is 3. The number of nitrogens with one attached hydrogen (secondary N) is 2. The third kappa shape index (κ3) is 9.94. The minimum absolute atomic E-state index is 0.0696. The second-order valence-corrected chi connectivity index (χ2v) is 21.3. The second kappa shape index (κ2) is 17.0. The molecule has 4 aromatic rings. The van der Waals surface area contributed by atoms with Gasteiger partial charge in [-0.25, -0.2) is 18.0 Å². The lowest BCUT2D eigenvalue weighted by Crippen LogP contribution is -2.49. The summed E-state index contributed by atoms with van der Waals surface area (Å²) in [7, 11) is -2.26. The van der Waals surface area contributed by atoms with Gasteiger partial charge in [0.25, 0.3) is 5.92 Å². The number of halogens is 4. The van der Waals surface area contributed by atoms with E-state index in [1.54, 1.807) is 79.2 Å². The van der Waals surface area contributed by atoms with Gasteiger partial charge >= 0.3 is 6.03 Å². The average Bonchev–Trinajstić information content (AvgIpc) is 3.47. The van der Waals surface area contributed by atoms with Gasteiger partial charge in [-0.3, -0.25) is 9.59 Å². The third-order valence-electron chi connectivity index (χ3n) is 10.7. The molecule has 3 N–H and O–H groups in total. The van der Waals surface area contributed by atoms with Gasteiger partial charge in [0.15, 0.2) is 14.1 Å². The van der Waals surface area contributed by atoms with Crippen LogP contribution in [0.5, 0.6) is 0 Å². The number of aliphatic hydroxyl groups excluding tert-OH is 1. The highest BCUT2D eigenvalue weighted by Crippen LogP contribution is 2.37. The number of amides is 4.